The fourth-order valence-electron chi connectivity index (χ4n) is 1.47. The Labute approximate surface area is 97.2 Å². The van der Waals surface area contributed by atoms with Crippen molar-refractivity contribution in [2.45, 2.75) is 38.8 Å². The van der Waals surface area contributed by atoms with E-state index in [4.69, 9.17) is 10.5 Å². The molecule has 0 saturated heterocycles. The molecule has 0 radical (unpaired) electrons. The van der Waals surface area contributed by atoms with E-state index in [0.717, 1.165) is 18.4 Å². The molecule has 0 bridgehead atoms. The maximum atomic E-state index is 9.28. The van der Waals surface area contributed by atoms with Crippen LogP contribution in [0.3, 0.4) is 0 Å². The van der Waals surface area contributed by atoms with Gasteiger partial charge in [-0.05, 0) is 30.5 Å². The van der Waals surface area contributed by atoms with Crippen molar-refractivity contribution in [3.63, 3.8) is 0 Å². The number of nitrogens with two attached hydrogens (primary N) is 1. The molecule has 0 aliphatic carbocycles. The molecule has 3 heteroatoms. The largest absolute Gasteiger partial charge is 0.508 e. The van der Waals surface area contributed by atoms with Crippen LogP contribution in [0.25, 0.3) is 0 Å². The van der Waals surface area contributed by atoms with Crippen LogP contribution in [0.1, 0.15) is 32.3 Å². The Bertz CT molecular complexity index is 321. The molecule has 0 unspecified atom stereocenters. The average molecular weight is 223 g/mol. The molecule has 16 heavy (non-hydrogen) atoms. The Hall–Kier alpha value is -1.06. The van der Waals surface area contributed by atoms with Gasteiger partial charge in [-0.25, -0.2) is 0 Å². The van der Waals surface area contributed by atoms with Crippen molar-refractivity contribution in [1.29, 1.82) is 0 Å². The van der Waals surface area contributed by atoms with Gasteiger partial charge < -0.3 is 15.6 Å². The smallest absolute Gasteiger partial charge is 0.115 e. The van der Waals surface area contributed by atoms with Gasteiger partial charge in [0.2, 0.25) is 0 Å². The number of hydrogen-bond donors (Lipinski definition) is 2. The highest BCUT2D eigenvalue weighted by Gasteiger charge is 2.20. The third-order valence-electron chi connectivity index (χ3n) is 2.98. The van der Waals surface area contributed by atoms with Gasteiger partial charge in [0.25, 0.3) is 0 Å². The van der Waals surface area contributed by atoms with Crippen LogP contribution >= 0.6 is 0 Å². The van der Waals surface area contributed by atoms with Crippen molar-refractivity contribution >= 4 is 0 Å². The second-order valence-electron chi connectivity index (χ2n) is 4.23. The predicted molar refractivity (Wildman–Crippen MR) is 65.3 cm³/mol. The SMILES string of the molecule is CCC(N)(CC)COCc1cccc(O)c1. The zero-order chi connectivity index (χ0) is 12.0. The number of ether oxygens (including phenoxy) is 1. The second kappa shape index (κ2) is 5.87. The van der Waals surface area contributed by atoms with Gasteiger partial charge in [-0.3, -0.25) is 0 Å². The van der Waals surface area contributed by atoms with E-state index in [1.807, 2.05) is 12.1 Å². The predicted octanol–water partition coefficient (Wildman–Crippen LogP) is 2.43. The van der Waals surface area contributed by atoms with E-state index < -0.39 is 0 Å². The molecule has 3 N–H and O–H groups in total. The van der Waals surface area contributed by atoms with E-state index in [-0.39, 0.29) is 11.3 Å². The summed E-state index contributed by atoms with van der Waals surface area (Å²) in [5.41, 5.74) is 6.86. The van der Waals surface area contributed by atoms with Crippen molar-refractivity contribution < 1.29 is 9.84 Å². The molecule has 0 spiro atoms. The summed E-state index contributed by atoms with van der Waals surface area (Å²) in [5, 5.41) is 9.28. The lowest BCUT2D eigenvalue weighted by atomic mass is 9.96. The number of rotatable bonds is 6. The van der Waals surface area contributed by atoms with Crippen LogP contribution in [0.5, 0.6) is 5.75 Å². The van der Waals surface area contributed by atoms with E-state index in [0.29, 0.717) is 13.2 Å². The molecule has 1 rings (SSSR count). The Kier molecular flexibility index (Phi) is 4.77. The molecule has 0 amide bonds. The van der Waals surface area contributed by atoms with E-state index in [9.17, 15) is 5.11 Å². The minimum atomic E-state index is -0.225. The molecule has 3 nitrogen and oxygen atoms in total. The molecule has 0 aromatic heterocycles. The number of phenolic OH excluding ortho intramolecular Hbond substituents is 1. The van der Waals surface area contributed by atoms with Crippen LogP contribution in [0.4, 0.5) is 0 Å². The Morgan fingerprint density at radius 2 is 2.00 bits per heavy atom. The van der Waals surface area contributed by atoms with Crippen molar-refractivity contribution in [3.8, 4) is 5.75 Å². The lowest BCUT2D eigenvalue weighted by Crippen LogP contribution is -2.43. The fourth-order valence-corrected chi connectivity index (χ4v) is 1.47. The molecule has 0 aliphatic rings. The van der Waals surface area contributed by atoms with Crippen LogP contribution in [0.15, 0.2) is 24.3 Å². The van der Waals surface area contributed by atoms with Gasteiger partial charge in [0.15, 0.2) is 0 Å². The maximum absolute atomic E-state index is 9.28. The second-order valence-corrected chi connectivity index (χ2v) is 4.23. The highest BCUT2D eigenvalue weighted by Crippen LogP contribution is 2.15. The highest BCUT2D eigenvalue weighted by atomic mass is 16.5. The molecule has 1 aromatic carbocycles. The summed E-state index contributed by atoms with van der Waals surface area (Å²) in [6.45, 7) is 5.19. The van der Waals surface area contributed by atoms with Crippen LogP contribution in [0.2, 0.25) is 0 Å². The van der Waals surface area contributed by atoms with Crippen LogP contribution in [-0.2, 0) is 11.3 Å². The summed E-state index contributed by atoms with van der Waals surface area (Å²) in [5.74, 6) is 0.270. The molecule has 0 fully saturated rings. The standard InChI is InChI=1S/C13H21NO2/c1-3-13(14,4-2)10-16-9-11-6-5-7-12(15)8-11/h5-8,15H,3-4,9-10,14H2,1-2H3. The first kappa shape index (κ1) is 13.0. The molecule has 0 heterocycles. The number of phenols is 1. The summed E-state index contributed by atoms with van der Waals surface area (Å²) < 4.78 is 5.59. The summed E-state index contributed by atoms with van der Waals surface area (Å²) in [6, 6.07) is 7.09. The Morgan fingerprint density at radius 3 is 2.56 bits per heavy atom. The van der Waals surface area contributed by atoms with Crippen LogP contribution < -0.4 is 5.73 Å². The van der Waals surface area contributed by atoms with Crippen molar-refractivity contribution in [2.75, 3.05) is 6.61 Å². The quantitative estimate of drug-likeness (QED) is 0.778. The number of benzene rings is 1. The normalized spacial score (nSPS) is 11.7. The topological polar surface area (TPSA) is 55.5 Å². The van der Waals surface area contributed by atoms with Crippen molar-refractivity contribution in [1.82, 2.24) is 0 Å². The first-order valence-corrected chi connectivity index (χ1v) is 5.74. The van der Waals surface area contributed by atoms with Gasteiger partial charge in [-0.15, -0.1) is 0 Å². The highest BCUT2D eigenvalue weighted by molar-refractivity contribution is 5.26. The third-order valence-corrected chi connectivity index (χ3v) is 2.98. The summed E-state index contributed by atoms with van der Waals surface area (Å²) in [7, 11) is 0. The average Bonchev–Trinajstić information content (AvgIpc) is 2.29. The molecular weight excluding hydrogens is 202 g/mol. The minimum Gasteiger partial charge on any atom is -0.508 e. The monoisotopic (exact) mass is 223 g/mol. The van der Waals surface area contributed by atoms with Gasteiger partial charge in [0, 0.05) is 5.54 Å². The summed E-state index contributed by atoms with van der Waals surface area (Å²) in [4.78, 5) is 0. The summed E-state index contributed by atoms with van der Waals surface area (Å²) in [6.07, 6.45) is 1.81. The Morgan fingerprint density at radius 1 is 1.31 bits per heavy atom. The fraction of sp³-hybridized carbons (Fsp3) is 0.538. The van der Waals surface area contributed by atoms with Gasteiger partial charge in [-0.2, -0.15) is 0 Å². The van der Waals surface area contributed by atoms with Crippen molar-refractivity contribution in [2.24, 2.45) is 5.73 Å². The van der Waals surface area contributed by atoms with Gasteiger partial charge in [0.1, 0.15) is 5.75 Å². The molecule has 0 atom stereocenters. The molecule has 0 saturated carbocycles. The van der Waals surface area contributed by atoms with Gasteiger partial charge in [-0.1, -0.05) is 26.0 Å². The lowest BCUT2D eigenvalue weighted by Gasteiger charge is -2.26. The first-order chi connectivity index (χ1) is 7.59. The summed E-state index contributed by atoms with van der Waals surface area (Å²) >= 11 is 0. The minimum absolute atomic E-state index is 0.225. The third kappa shape index (κ3) is 3.83. The molecular formula is C13H21NO2. The lowest BCUT2D eigenvalue weighted by molar-refractivity contribution is 0.0695. The zero-order valence-electron chi connectivity index (χ0n) is 10.1. The van der Waals surface area contributed by atoms with Crippen molar-refractivity contribution in [3.05, 3.63) is 29.8 Å². The Balaban J connectivity index is 2.41. The van der Waals surface area contributed by atoms with Gasteiger partial charge >= 0.3 is 0 Å². The maximum Gasteiger partial charge on any atom is 0.115 e. The van der Waals surface area contributed by atoms with E-state index in [1.165, 1.54) is 0 Å². The number of aromatic hydroxyl groups is 1. The molecule has 1 aromatic rings. The van der Waals surface area contributed by atoms with Gasteiger partial charge in [0.05, 0.1) is 13.2 Å². The molecule has 90 valence electrons. The number of hydrogen-bond acceptors (Lipinski definition) is 3. The molecule has 0 aliphatic heterocycles. The van der Waals surface area contributed by atoms with E-state index in [1.54, 1.807) is 12.1 Å². The zero-order valence-corrected chi connectivity index (χ0v) is 10.1. The first-order valence-electron chi connectivity index (χ1n) is 5.74. The van der Waals surface area contributed by atoms with E-state index >= 15 is 0 Å². The van der Waals surface area contributed by atoms with Crippen LogP contribution in [0, 0.1) is 0 Å². The van der Waals surface area contributed by atoms with E-state index in [2.05, 4.69) is 13.8 Å². The van der Waals surface area contributed by atoms with Crippen LogP contribution in [-0.4, -0.2) is 17.3 Å².